The van der Waals surface area contributed by atoms with Crippen LogP contribution < -0.4 is 20.4 Å². The van der Waals surface area contributed by atoms with Crippen LogP contribution in [0.15, 0.2) is 9.98 Å². The van der Waals surface area contributed by atoms with Crippen LogP contribution in [0.3, 0.4) is 0 Å². The number of aliphatic hydroxyl groups is 2. The highest BCUT2D eigenvalue weighted by Crippen LogP contribution is 2.16. The van der Waals surface area contributed by atoms with Gasteiger partial charge in [0, 0.05) is 50.7 Å². The normalized spacial score (nSPS) is 16.2. The van der Waals surface area contributed by atoms with E-state index in [0.717, 1.165) is 0 Å². The fourth-order valence-electron chi connectivity index (χ4n) is 2.33. The Morgan fingerprint density at radius 3 is 1.19 bits per heavy atom. The number of aliphatic imine (C=N–C) groups is 2. The number of rotatable bonds is 16. The average molecular weight is 446 g/mol. The molecule has 0 saturated heterocycles. The largest absolute Gasteiger partial charge is 0.862 e. The van der Waals surface area contributed by atoms with Crippen molar-refractivity contribution in [1.29, 1.82) is 0 Å². The predicted molar refractivity (Wildman–Crippen MR) is 92.1 cm³/mol. The fourth-order valence-corrected chi connectivity index (χ4v) is 2.33. The van der Waals surface area contributed by atoms with Crippen molar-refractivity contribution < 1.29 is 60.0 Å². The summed E-state index contributed by atoms with van der Waals surface area (Å²) >= 11 is 0. The van der Waals surface area contributed by atoms with E-state index < -0.39 is 72.6 Å². The summed E-state index contributed by atoms with van der Waals surface area (Å²) in [5.74, 6) is -9.55. The van der Waals surface area contributed by atoms with Gasteiger partial charge in [0.15, 0.2) is 11.2 Å². The second-order valence-electron chi connectivity index (χ2n) is 6.74. The van der Waals surface area contributed by atoms with Crippen LogP contribution in [0.4, 0.5) is 0 Å². The highest BCUT2D eigenvalue weighted by atomic mass is 16.4. The molecule has 0 aliphatic carbocycles. The molecule has 0 radical (unpaired) electrons. The van der Waals surface area contributed by atoms with E-state index in [1.54, 1.807) is 0 Å². The van der Waals surface area contributed by atoms with Gasteiger partial charge in [-0.3, -0.25) is 0 Å². The van der Waals surface area contributed by atoms with Gasteiger partial charge < -0.3 is 60.4 Å². The summed E-state index contributed by atoms with van der Waals surface area (Å²) in [6.45, 7) is -0.143. The molecule has 0 aliphatic rings. The molecule has 0 aliphatic heterocycles. The summed E-state index contributed by atoms with van der Waals surface area (Å²) in [4.78, 5) is 49.8. The van der Waals surface area contributed by atoms with Gasteiger partial charge in [0.05, 0.1) is 0 Å². The molecule has 0 saturated carbocycles. The van der Waals surface area contributed by atoms with E-state index in [9.17, 15) is 49.8 Å². The highest BCUT2D eigenvalue weighted by Gasteiger charge is 2.36. The molecule has 0 bridgehead atoms. The molecule has 0 aromatic rings. The molecule has 176 valence electrons. The fraction of sp³-hybridized carbons (Fsp3) is 0.647. The summed E-state index contributed by atoms with van der Waals surface area (Å²) in [6, 6.07) is 0. The first-order valence-corrected chi connectivity index (χ1v) is 8.94. The van der Waals surface area contributed by atoms with Crippen molar-refractivity contribution >= 4 is 35.7 Å². The lowest BCUT2D eigenvalue weighted by Crippen LogP contribution is -2.47. The van der Waals surface area contributed by atoms with Gasteiger partial charge in [-0.25, -0.2) is 9.59 Å². The second kappa shape index (κ2) is 12.4. The van der Waals surface area contributed by atoms with E-state index >= 15 is 0 Å². The standard InChI is InChI=1S/C17H26N2O12/c20-10(6-16(30,14(26)27)8-12(22)23)18-4-2-1-3-5-19-11(21)7-17(31,15(28)29)9-13(24)25/h30-31H,1-9H2,(H,18,20)(H,19,21)(H,22,23)(H,24,25)(H,26,27)(H,28,29)/p-4/t16-,17-/m1/s1. The predicted octanol–water partition coefficient (Wildman–Crippen LogP) is -5.63. The molecule has 0 spiro atoms. The smallest absolute Gasteiger partial charge is 0.336 e. The molecule has 0 fully saturated rings. The van der Waals surface area contributed by atoms with Gasteiger partial charge >= 0.3 is 11.9 Å². The van der Waals surface area contributed by atoms with Crippen molar-refractivity contribution in [3.8, 4) is 0 Å². The maximum atomic E-state index is 11.6. The number of carboxylic acid groups (broad SMARTS) is 4. The molecule has 0 aromatic carbocycles. The zero-order valence-electron chi connectivity index (χ0n) is 16.3. The third-order valence-corrected chi connectivity index (χ3v) is 3.95. The topological polar surface area (TPSA) is 266 Å². The van der Waals surface area contributed by atoms with Crippen molar-refractivity contribution in [3.05, 3.63) is 0 Å². The average Bonchev–Trinajstić information content (AvgIpc) is 2.58. The summed E-state index contributed by atoms with van der Waals surface area (Å²) in [5, 5.41) is 81.2. The van der Waals surface area contributed by atoms with Crippen LogP contribution in [-0.4, -0.2) is 80.4 Å². The first-order chi connectivity index (χ1) is 14.2. The lowest BCUT2D eigenvalue weighted by Gasteiger charge is -2.26. The number of nitrogens with zero attached hydrogens (tertiary/aromatic N) is 2. The minimum Gasteiger partial charge on any atom is -0.862 e. The molecule has 0 heterocycles. The maximum absolute atomic E-state index is 11.6. The monoisotopic (exact) mass is 446 g/mol. The number of carbonyl (C=O) groups excluding carboxylic acids is 2. The molecule has 31 heavy (non-hydrogen) atoms. The van der Waals surface area contributed by atoms with Crippen LogP contribution in [0, 0.1) is 0 Å². The second-order valence-corrected chi connectivity index (χ2v) is 6.74. The summed E-state index contributed by atoms with van der Waals surface area (Å²) in [7, 11) is 0. The molecule has 0 unspecified atom stereocenters. The third-order valence-electron chi connectivity index (χ3n) is 3.95. The first kappa shape index (κ1) is 27.7. The van der Waals surface area contributed by atoms with E-state index in [4.69, 9.17) is 10.2 Å². The van der Waals surface area contributed by atoms with E-state index in [1.165, 1.54) is 0 Å². The van der Waals surface area contributed by atoms with Gasteiger partial charge in [0.2, 0.25) is 0 Å². The quantitative estimate of drug-likeness (QED) is 0.0981. The molecule has 4 N–H and O–H groups in total. The van der Waals surface area contributed by atoms with E-state index in [-0.39, 0.29) is 13.1 Å². The molecule has 0 rings (SSSR count). The Morgan fingerprint density at radius 1 is 0.613 bits per heavy atom. The number of carboxylic acids is 4. The summed E-state index contributed by atoms with van der Waals surface area (Å²) < 4.78 is 0. The van der Waals surface area contributed by atoms with Crippen LogP contribution in [0.25, 0.3) is 0 Å². The Hall–Kier alpha value is -3.26. The minimum absolute atomic E-state index is 0.0713. The van der Waals surface area contributed by atoms with Crippen molar-refractivity contribution in [2.45, 2.75) is 56.1 Å². The SMILES string of the molecule is O=C([O-])C[C@](O)(CC([O-])=NCCCCCN=C([O-])C[C@@](O)(CC(=O)[O-])C(=O)O)C(=O)O. The number of carbonyl (C=O) groups is 4. The highest BCUT2D eigenvalue weighted by molar-refractivity contribution is 5.89. The van der Waals surface area contributed by atoms with Gasteiger partial charge in [-0.15, -0.1) is 0 Å². The van der Waals surface area contributed by atoms with Crippen molar-refractivity contribution in [2.75, 3.05) is 13.1 Å². The van der Waals surface area contributed by atoms with Crippen LogP contribution >= 0.6 is 0 Å². The number of hydrogen-bond acceptors (Lipinski definition) is 12. The third kappa shape index (κ3) is 10.9. The Labute approximate surface area is 175 Å². The molecular formula is C17H22N2O12-4. The summed E-state index contributed by atoms with van der Waals surface area (Å²) in [6.07, 6.45) is -3.66. The van der Waals surface area contributed by atoms with Crippen molar-refractivity contribution in [1.82, 2.24) is 0 Å². The Morgan fingerprint density at radius 2 is 0.935 bits per heavy atom. The van der Waals surface area contributed by atoms with Crippen molar-refractivity contribution in [2.24, 2.45) is 9.98 Å². The van der Waals surface area contributed by atoms with Gasteiger partial charge in [-0.1, -0.05) is 0 Å². The lowest BCUT2D eigenvalue weighted by atomic mass is 9.95. The van der Waals surface area contributed by atoms with Crippen LogP contribution in [0.5, 0.6) is 0 Å². The lowest BCUT2D eigenvalue weighted by molar-refractivity contribution is -0.310. The molecular weight excluding hydrogens is 424 g/mol. The maximum Gasteiger partial charge on any atom is 0.336 e. The van der Waals surface area contributed by atoms with Gasteiger partial charge in [0.1, 0.15) is 0 Å². The Kier molecular flexibility index (Phi) is 11.1. The van der Waals surface area contributed by atoms with Gasteiger partial charge in [-0.05, 0) is 31.1 Å². The van der Waals surface area contributed by atoms with Crippen LogP contribution in [0.2, 0.25) is 0 Å². The van der Waals surface area contributed by atoms with E-state index in [1.807, 2.05) is 0 Å². The Balaban J connectivity index is 4.45. The van der Waals surface area contributed by atoms with Crippen molar-refractivity contribution in [3.63, 3.8) is 0 Å². The summed E-state index contributed by atoms with van der Waals surface area (Å²) in [5.41, 5.74) is -5.65. The van der Waals surface area contributed by atoms with Gasteiger partial charge in [0.25, 0.3) is 0 Å². The molecule has 0 aromatic heterocycles. The molecule has 0 amide bonds. The molecule has 14 nitrogen and oxygen atoms in total. The van der Waals surface area contributed by atoms with Gasteiger partial charge in [-0.2, -0.15) is 0 Å². The minimum atomic E-state index is -2.83. The van der Waals surface area contributed by atoms with Crippen LogP contribution in [0.1, 0.15) is 44.9 Å². The Bertz CT molecular complexity index is 675. The van der Waals surface area contributed by atoms with E-state index in [2.05, 4.69) is 9.98 Å². The zero-order chi connectivity index (χ0) is 24.2. The first-order valence-electron chi connectivity index (χ1n) is 8.94. The molecule has 14 heteroatoms. The number of hydrogen-bond donors (Lipinski definition) is 4. The molecule has 2 atom stereocenters. The number of unbranched alkanes of at least 4 members (excludes halogenated alkanes) is 2. The number of aliphatic carboxylic acids is 4. The zero-order valence-corrected chi connectivity index (χ0v) is 16.3. The van der Waals surface area contributed by atoms with Crippen LogP contribution in [-0.2, 0) is 19.2 Å². The van der Waals surface area contributed by atoms with E-state index in [0.29, 0.717) is 19.3 Å².